The number of nitrogen functional groups attached to an aromatic ring is 1. The van der Waals surface area contributed by atoms with Gasteiger partial charge in [-0.3, -0.25) is 5.41 Å². The first kappa shape index (κ1) is 19.2. The van der Waals surface area contributed by atoms with Crippen LogP contribution in [0.2, 0.25) is 0 Å². The monoisotopic (exact) mass is 348 g/mol. The molecular weight excluding hydrogens is 324 g/mol. The van der Waals surface area contributed by atoms with Crippen LogP contribution in [-0.2, 0) is 6.42 Å². The average molecular weight is 348 g/mol. The number of hydrogen-bond donors (Lipinski definition) is 2. The molecule has 0 spiro atoms. The smallest absolute Gasteiger partial charge is 0.343 e. The minimum atomic E-state index is -0.377. The van der Waals surface area contributed by atoms with Crippen LogP contribution in [0.3, 0.4) is 0 Å². The molecule has 0 amide bonds. The van der Waals surface area contributed by atoms with E-state index in [1.54, 1.807) is 30.3 Å². The molecule has 0 aliphatic rings. The number of ether oxygens (including phenoxy) is 1. The molecule has 0 saturated carbocycles. The summed E-state index contributed by atoms with van der Waals surface area (Å²) in [5.41, 5.74) is 7.88. The lowest BCUT2D eigenvalue weighted by Crippen LogP contribution is -2.10. The van der Waals surface area contributed by atoms with E-state index in [4.69, 9.17) is 15.9 Å². The quantitative estimate of drug-likeness (QED) is 0.304. The van der Waals surface area contributed by atoms with Crippen LogP contribution in [0.4, 0.5) is 0 Å². The molecule has 3 N–H and O–H groups in total. The lowest BCUT2D eigenvalue weighted by molar-refractivity contribution is 0.0735. The minimum absolute atomic E-state index is 0.0305. The van der Waals surface area contributed by atoms with Gasteiger partial charge >= 0.3 is 5.97 Å². The third kappa shape index (κ3) is 4.48. The number of hydrogen-bond acceptors (Lipinski definition) is 3. The molecule has 0 aromatic heterocycles. The fraction of sp³-hybridized carbons (Fsp3) is 0.182. The van der Waals surface area contributed by atoms with Gasteiger partial charge in [0.05, 0.1) is 5.56 Å². The first-order valence-electron chi connectivity index (χ1n) is 8.76. The van der Waals surface area contributed by atoms with Crippen LogP contribution < -0.4 is 10.5 Å². The van der Waals surface area contributed by atoms with Crippen molar-refractivity contribution in [2.45, 2.75) is 27.2 Å². The van der Waals surface area contributed by atoms with Gasteiger partial charge in [0.25, 0.3) is 0 Å². The number of rotatable bonds is 4. The lowest BCUT2D eigenvalue weighted by atomic mass is 10.1. The van der Waals surface area contributed by atoms with E-state index in [0.29, 0.717) is 16.9 Å². The Labute approximate surface area is 154 Å². The highest BCUT2D eigenvalue weighted by molar-refractivity contribution is 5.99. The first-order chi connectivity index (χ1) is 12.6. The Hall–Kier alpha value is -3.14. The summed E-state index contributed by atoms with van der Waals surface area (Å²) < 4.78 is 5.45. The molecule has 0 aliphatic carbocycles. The molecule has 26 heavy (non-hydrogen) atoms. The largest absolute Gasteiger partial charge is 0.423 e. The van der Waals surface area contributed by atoms with Gasteiger partial charge in [0.15, 0.2) is 0 Å². The van der Waals surface area contributed by atoms with Crippen molar-refractivity contribution in [2.24, 2.45) is 5.73 Å². The molecule has 4 heteroatoms. The second-order valence-corrected chi connectivity index (χ2v) is 5.58. The van der Waals surface area contributed by atoms with E-state index in [0.717, 1.165) is 17.2 Å². The van der Waals surface area contributed by atoms with Gasteiger partial charge < -0.3 is 10.5 Å². The van der Waals surface area contributed by atoms with Gasteiger partial charge in [-0.15, -0.1) is 0 Å². The zero-order chi connectivity index (χ0) is 19.1. The third-order valence-electron chi connectivity index (χ3n) is 3.93. The molecule has 0 fully saturated rings. The van der Waals surface area contributed by atoms with Crippen molar-refractivity contribution in [3.8, 4) is 5.75 Å². The maximum atomic E-state index is 12.2. The SMILES string of the molecule is CC.CCc1ccc(C(=O)Oc2ccc3cc(C(=N)N)ccc3c2)cc1. The summed E-state index contributed by atoms with van der Waals surface area (Å²) in [5.74, 6) is 0.142. The normalized spacial score (nSPS) is 9.96. The van der Waals surface area contributed by atoms with Crippen LogP contribution in [0, 0.1) is 5.41 Å². The Kier molecular flexibility index (Phi) is 6.50. The van der Waals surface area contributed by atoms with Crippen molar-refractivity contribution >= 4 is 22.6 Å². The topological polar surface area (TPSA) is 76.2 Å². The van der Waals surface area contributed by atoms with Gasteiger partial charge in [-0.1, -0.05) is 51.1 Å². The number of carbonyl (C=O) groups is 1. The molecule has 0 saturated heterocycles. The Morgan fingerprint density at radius 3 is 2.12 bits per heavy atom. The lowest BCUT2D eigenvalue weighted by Gasteiger charge is -2.07. The van der Waals surface area contributed by atoms with Gasteiger partial charge in [-0.05, 0) is 53.1 Å². The molecular formula is C22H24N2O2. The molecule has 3 rings (SSSR count). The molecule has 3 aromatic carbocycles. The summed E-state index contributed by atoms with van der Waals surface area (Å²) in [5, 5.41) is 9.34. The van der Waals surface area contributed by atoms with E-state index in [-0.39, 0.29) is 11.8 Å². The Morgan fingerprint density at radius 1 is 0.923 bits per heavy atom. The number of esters is 1. The number of aryl methyl sites for hydroxylation is 1. The number of carbonyl (C=O) groups excluding carboxylic acids is 1. The van der Waals surface area contributed by atoms with Gasteiger partial charge in [-0.25, -0.2) is 4.79 Å². The van der Waals surface area contributed by atoms with Gasteiger partial charge in [-0.2, -0.15) is 0 Å². The molecule has 0 unspecified atom stereocenters. The second-order valence-electron chi connectivity index (χ2n) is 5.58. The molecule has 0 heterocycles. The summed E-state index contributed by atoms with van der Waals surface area (Å²) in [7, 11) is 0. The Bertz CT molecular complexity index is 915. The van der Waals surface area contributed by atoms with E-state index in [1.165, 1.54) is 5.56 Å². The molecule has 4 nitrogen and oxygen atoms in total. The highest BCUT2D eigenvalue weighted by Gasteiger charge is 2.09. The molecule has 0 bridgehead atoms. The van der Waals surface area contributed by atoms with Crippen LogP contribution in [0.25, 0.3) is 10.8 Å². The van der Waals surface area contributed by atoms with Crippen molar-refractivity contribution in [2.75, 3.05) is 0 Å². The summed E-state index contributed by atoms with van der Waals surface area (Å²) in [6.07, 6.45) is 0.933. The van der Waals surface area contributed by atoms with Crippen LogP contribution in [-0.4, -0.2) is 11.8 Å². The highest BCUT2D eigenvalue weighted by atomic mass is 16.5. The summed E-state index contributed by atoms with van der Waals surface area (Å²) in [6, 6.07) is 18.3. The van der Waals surface area contributed by atoms with Gasteiger partial charge in [0.2, 0.25) is 0 Å². The van der Waals surface area contributed by atoms with E-state index >= 15 is 0 Å². The minimum Gasteiger partial charge on any atom is -0.423 e. The van der Waals surface area contributed by atoms with Crippen LogP contribution in [0.1, 0.15) is 42.3 Å². The van der Waals surface area contributed by atoms with Crippen LogP contribution in [0.15, 0.2) is 60.7 Å². The van der Waals surface area contributed by atoms with Crippen molar-refractivity contribution < 1.29 is 9.53 Å². The first-order valence-corrected chi connectivity index (χ1v) is 8.76. The Morgan fingerprint density at radius 2 is 1.50 bits per heavy atom. The van der Waals surface area contributed by atoms with Crippen LogP contribution >= 0.6 is 0 Å². The van der Waals surface area contributed by atoms with E-state index < -0.39 is 0 Å². The molecule has 3 aromatic rings. The van der Waals surface area contributed by atoms with Crippen molar-refractivity contribution in [3.05, 3.63) is 77.4 Å². The number of nitrogens with two attached hydrogens (primary N) is 1. The Balaban J connectivity index is 0.00000117. The third-order valence-corrected chi connectivity index (χ3v) is 3.93. The fourth-order valence-corrected chi connectivity index (χ4v) is 2.50. The molecule has 134 valence electrons. The van der Waals surface area contributed by atoms with Gasteiger partial charge in [0.1, 0.15) is 11.6 Å². The number of amidine groups is 1. The number of nitrogens with one attached hydrogen (secondary N) is 1. The van der Waals surface area contributed by atoms with E-state index in [2.05, 4.69) is 6.92 Å². The predicted octanol–water partition coefficient (Wildman–Crippen LogP) is 4.93. The fourth-order valence-electron chi connectivity index (χ4n) is 2.50. The second kappa shape index (κ2) is 8.81. The summed E-state index contributed by atoms with van der Waals surface area (Å²) in [6.45, 7) is 6.07. The molecule has 0 radical (unpaired) electrons. The predicted molar refractivity (Wildman–Crippen MR) is 107 cm³/mol. The van der Waals surface area contributed by atoms with E-state index in [1.807, 2.05) is 44.2 Å². The molecule has 0 aliphatic heterocycles. The van der Waals surface area contributed by atoms with Crippen molar-refractivity contribution in [1.29, 1.82) is 5.41 Å². The zero-order valence-electron chi connectivity index (χ0n) is 15.4. The average Bonchev–Trinajstić information content (AvgIpc) is 2.69. The van der Waals surface area contributed by atoms with Crippen molar-refractivity contribution in [1.82, 2.24) is 0 Å². The molecule has 0 atom stereocenters. The standard InChI is InChI=1S/C20H18N2O2.C2H6/c1-2-13-3-5-14(6-4-13)20(23)24-18-10-9-15-11-17(19(21)22)8-7-16(15)12-18;1-2/h3-12H,2H2,1H3,(H3,21,22);1-2H3. The number of fused-ring (bicyclic) bond motifs is 1. The van der Waals surface area contributed by atoms with Crippen LogP contribution in [0.5, 0.6) is 5.75 Å². The van der Waals surface area contributed by atoms with E-state index in [9.17, 15) is 4.79 Å². The summed E-state index contributed by atoms with van der Waals surface area (Å²) >= 11 is 0. The highest BCUT2D eigenvalue weighted by Crippen LogP contribution is 2.23. The zero-order valence-corrected chi connectivity index (χ0v) is 15.4. The summed E-state index contributed by atoms with van der Waals surface area (Å²) in [4.78, 5) is 12.2. The maximum Gasteiger partial charge on any atom is 0.343 e. The van der Waals surface area contributed by atoms with Crippen molar-refractivity contribution in [3.63, 3.8) is 0 Å². The maximum absolute atomic E-state index is 12.2. The van der Waals surface area contributed by atoms with Gasteiger partial charge in [0, 0.05) is 5.56 Å². The number of benzene rings is 3.